The van der Waals surface area contributed by atoms with Crippen LogP contribution in [-0.4, -0.2) is 27.7 Å². The summed E-state index contributed by atoms with van der Waals surface area (Å²) in [4.78, 5) is -0.321. The molecule has 0 radical (unpaired) electrons. The lowest BCUT2D eigenvalue weighted by Crippen LogP contribution is -2.30. The number of rotatable bonds is 6. The Morgan fingerprint density at radius 3 is 2.17 bits per heavy atom. The van der Waals surface area contributed by atoms with E-state index >= 15 is 0 Å². The number of benzene rings is 2. The van der Waals surface area contributed by atoms with Gasteiger partial charge in [-0.25, -0.2) is 22.0 Å². The summed E-state index contributed by atoms with van der Waals surface area (Å²) in [7, 11) is -7.80. The Morgan fingerprint density at radius 1 is 0.958 bits per heavy atom. The Balaban J connectivity index is 2.40. The van der Waals surface area contributed by atoms with Crippen molar-refractivity contribution < 1.29 is 16.8 Å². The van der Waals surface area contributed by atoms with Gasteiger partial charge in [-0.1, -0.05) is 42.8 Å². The third-order valence-electron chi connectivity index (χ3n) is 3.57. The third kappa shape index (κ3) is 4.21. The van der Waals surface area contributed by atoms with Crippen LogP contribution in [0.4, 0.5) is 0 Å². The minimum atomic E-state index is -3.97. The number of nitrogens with two attached hydrogens (primary N) is 1. The first kappa shape index (κ1) is 18.6. The Hall–Kier alpha value is -1.74. The van der Waals surface area contributed by atoms with E-state index in [0.717, 1.165) is 17.2 Å². The molecule has 0 aliphatic heterocycles. The summed E-state index contributed by atoms with van der Waals surface area (Å²) in [6.07, 6.45) is 0. The van der Waals surface area contributed by atoms with Gasteiger partial charge in [0.2, 0.25) is 20.0 Å². The van der Waals surface area contributed by atoms with Gasteiger partial charge in [-0.3, -0.25) is 0 Å². The Morgan fingerprint density at radius 2 is 1.58 bits per heavy atom. The van der Waals surface area contributed by atoms with Crippen LogP contribution in [0.15, 0.2) is 58.3 Å². The number of primary sulfonamides is 1. The molecule has 0 fully saturated rings. The quantitative estimate of drug-likeness (QED) is 0.841. The molecule has 0 saturated carbocycles. The summed E-state index contributed by atoms with van der Waals surface area (Å²) in [5.41, 5.74) is 1.90. The topological polar surface area (TPSA) is 97.5 Å². The number of aryl methyl sites for hydroxylation is 1. The number of hydrogen-bond acceptors (Lipinski definition) is 4. The molecule has 0 aromatic heterocycles. The minimum absolute atomic E-state index is 0.0940. The Kier molecular flexibility index (Phi) is 5.44. The van der Waals surface area contributed by atoms with E-state index in [1.807, 2.05) is 31.2 Å². The molecule has 130 valence electrons. The second-order valence-electron chi connectivity index (χ2n) is 5.44. The third-order valence-corrected chi connectivity index (χ3v) is 6.39. The van der Waals surface area contributed by atoms with Crippen LogP contribution in [0, 0.1) is 6.92 Å². The van der Waals surface area contributed by atoms with E-state index in [1.165, 1.54) is 22.5 Å². The standard InChI is InChI=1S/C16H20N2O4S2/c1-3-18(12-14-7-4-6-13(2)10-14)24(21,22)16-9-5-8-15(11-16)23(17,19)20/h4-11H,3,12H2,1-2H3,(H2,17,19,20). The molecule has 2 N–H and O–H groups in total. The number of nitrogens with zero attached hydrogens (tertiary/aromatic N) is 1. The van der Waals surface area contributed by atoms with Crippen LogP contribution in [0.3, 0.4) is 0 Å². The maximum atomic E-state index is 12.8. The molecular weight excluding hydrogens is 348 g/mol. The zero-order chi connectivity index (χ0) is 18.0. The molecule has 0 unspecified atom stereocenters. The monoisotopic (exact) mass is 368 g/mol. The maximum absolute atomic E-state index is 12.8. The molecule has 0 spiro atoms. The molecule has 0 amide bonds. The van der Waals surface area contributed by atoms with Crippen LogP contribution in [0.1, 0.15) is 18.1 Å². The molecule has 2 aromatic rings. The summed E-state index contributed by atoms with van der Waals surface area (Å²) in [5, 5.41) is 5.08. The van der Waals surface area contributed by atoms with Gasteiger partial charge in [0.15, 0.2) is 0 Å². The highest BCUT2D eigenvalue weighted by molar-refractivity contribution is 7.90. The molecule has 0 aliphatic rings. The van der Waals surface area contributed by atoms with E-state index in [9.17, 15) is 16.8 Å². The molecular formula is C16H20N2O4S2. The van der Waals surface area contributed by atoms with Crippen molar-refractivity contribution in [3.63, 3.8) is 0 Å². The van der Waals surface area contributed by atoms with E-state index < -0.39 is 20.0 Å². The van der Waals surface area contributed by atoms with Crippen molar-refractivity contribution in [2.24, 2.45) is 5.14 Å². The molecule has 0 heterocycles. The van der Waals surface area contributed by atoms with Gasteiger partial charge >= 0.3 is 0 Å². The molecule has 0 aliphatic carbocycles. The van der Waals surface area contributed by atoms with Crippen molar-refractivity contribution in [1.82, 2.24) is 4.31 Å². The van der Waals surface area contributed by atoms with E-state index in [0.29, 0.717) is 0 Å². The molecule has 2 aromatic carbocycles. The van der Waals surface area contributed by atoms with E-state index in [1.54, 1.807) is 6.92 Å². The van der Waals surface area contributed by atoms with Gasteiger partial charge in [-0.05, 0) is 30.7 Å². The molecule has 0 saturated heterocycles. The average molecular weight is 368 g/mol. The normalized spacial score (nSPS) is 12.5. The second kappa shape index (κ2) is 7.02. The largest absolute Gasteiger partial charge is 0.243 e. The zero-order valence-electron chi connectivity index (χ0n) is 13.5. The van der Waals surface area contributed by atoms with Gasteiger partial charge in [-0.2, -0.15) is 4.31 Å². The Bertz CT molecular complexity index is 938. The van der Waals surface area contributed by atoms with E-state index in [4.69, 9.17) is 5.14 Å². The number of hydrogen-bond donors (Lipinski definition) is 1. The fraction of sp³-hybridized carbons (Fsp3) is 0.250. The summed E-state index contributed by atoms with van der Waals surface area (Å²) in [6, 6.07) is 12.7. The molecule has 0 atom stereocenters. The molecule has 2 rings (SSSR count). The number of sulfonamides is 2. The van der Waals surface area contributed by atoms with Crippen molar-refractivity contribution in [1.29, 1.82) is 0 Å². The zero-order valence-corrected chi connectivity index (χ0v) is 15.1. The predicted octanol–water partition coefficient (Wildman–Crippen LogP) is 1.85. The fourth-order valence-corrected chi connectivity index (χ4v) is 4.46. The maximum Gasteiger partial charge on any atom is 0.243 e. The highest BCUT2D eigenvalue weighted by atomic mass is 32.2. The Labute approximate surface area is 143 Å². The fourth-order valence-electron chi connectivity index (χ4n) is 2.34. The van der Waals surface area contributed by atoms with Gasteiger partial charge in [0, 0.05) is 13.1 Å². The van der Waals surface area contributed by atoms with Crippen molar-refractivity contribution >= 4 is 20.0 Å². The van der Waals surface area contributed by atoms with Gasteiger partial charge < -0.3 is 0 Å². The van der Waals surface area contributed by atoms with Gasteiger partial charge in [0.25, 0.3) is 0 Å². The van der Waals surface area contributed by atoms with E-state index in [-0.39, 0.29) is 22.9 Å². The van der Waals surface area contributed by atoms with Crippen molar-refractivity contribution in [3.8, 4) is 0 Å². The highest BCUT2D eigenvalue weighted by Crippen LogP contribution is 2.21. The van der Waals surface area contributed by atoms with E-state index in [2.05, 4.69) is 0 Å². The highest BCUT2D eigenvalue weighted by Gasteiger charge is 2.24. The molecule has 0 bridgehead atoms. The lowest BCUT2D eigenvalue weighted by Gasteiger charge is -2.21. The van der Waals surface area contributed by atoms with Crippen LogP contribution in [0.5, 0.6) is 0 Å². The summed E-state index contributed by atoms with van der Waals surface area (Å²) >= 11 is 0. The summed E-state index contributed by atoms with van der Waals surface area (Å²) < 4.78 is 49.8. The molecule has 6 nitrogen and oxygen atoms in total. The molecule has 8 heteroatoms. The van der Waals surface area contributed by atoms with Gasteiger partial charge in [0.1, 0.15) is 0 Å². The van der Waals surface area contributed by atoms with Crippen LogP contribution < -0.4 is 5.14 Å². The minimum Gasteiger partial charge on any atom is -0.225 e. The first-order chi connectivity index (χ1) is 11.1. The van der Waals surface area contributed by atoms with Crippen LogP contribution in [-0.2, 0) is 26.6 Å². The summed E-state index contributed by atoms with van der Waals surface area (Å²) in [5.74, 6) is 0. The van der Waals surface area contributed by atoms with Crippen molar-refractivity contribution in [2.75, 3.05) is 6.54 Å². The van der Waals surface area contributed by atoms with Crippen LogP contribution in [0.2, 0.25) is 0 Å². The lowest BCUT2D eigenvalue weighted by molar-refractivity contribution is 0.423. The van der Waals surface area contributed by atoms with Gasteiger partial charge in [0.05, 0.1) is 9.79 Å². The lowest BCUT2D eigenvalue weighted by atomic mass is 10.1. The van der Waals surface area contributed by atoms with Gasteiger partial charge in [-0.15, -0.1) is 0 Å². The average Bonchev–Trinajstić information content (AvgIpc) is 2.52. The van der Waals surface area contributed by atoms with Crippen molar-refractivity contribution in [2.45, 2.75) is 30.2 Å². The van der Waals surface area contributed by atoms with Crippen molar-refractivity contribution in [3.05, 3.63) is 59.7 Å². The predicted molar refractivity (Wildman–Crippen MR) is 92.3 cm³/mol. The SMILES string of the molecule is CCN(Cc1cccc(C)c1)S(=O)(=O)c1cccc(S(N)(=O)=O)c1. The van der Waals surface area contributed by atoms with Crippen LogP contribution in [0.25, 0.3) is 0 Å². The van der Waals surface area contributed by atoms with Crippen LogP contribution >= 0.6 is 0 Å². The second-order valence-corrected chi connectivity index (χ2v) is 8.94. The smallest absolute Gasteiger partial charge is 0.225 e. The first-order valence-corrected chi connectivity index (χ1v) is 10.3. The summed E-state index contributed by atoms with van der Waals surface area (Å²) in [6.45, 7) is 4.14. The first-order valence-electron chi connectivity index (χ1n) is 7.33. The molecule has 24 heavy (non-hydrogen) atoms.